The molecule has 4 aliphatic carbocycles. The smallest absolute Gasteiger partial charge is 0.303 e. The monoisotopic (exact) mass is 344 g/mol. The molecule has 5 atom stereocenters. The Morgan fingerprint density at radius 1 is 1.04 bits per heavy atom. The van der Waals surface area contributed by atoms with Crippen LogP contribution in [0.2, 0.25) is 0 Å². The molecule has 4 heteroatoms. The van der Waals surface area contributed by atoms with Gasteiger partial charge in [0.05, 0.1) is 0 Å². The lowest BCUT2D eigenvalue weighted by molar-refractivity contribution is -0.217. The Morgan fingerprint density at radius 2 is 1.76 bits per heavy atom. The lowest BCUT2D eigenvalue weighted by atomic mass is 9.45. The topological polar surface area (TPSA) is 60.4 Å². The van der Waals surface area contributed by atoms with Crippen LogP contribution in [0, 0.1) is 22.7 Å². The number of ketones is 2. The largest absolute Gasteiger partial charge is 0.458 e. The molecule has 136 valence electrons. The number of carbonyl (C=O) groups excluding carboxylic acids is 3. The summed E-state index contributed by atoms with van der Waals surface area (Å²) in [5.74, 6) is 0.859. The molecule has 0 bridgehead atoms. The molecule has 3 fully saturated rings. The third kappa shape index (κ3) is 2.09. The summed E-state index contributed by atoms with van der Waals surface area (Å²) in [6.07, 6.45) is 7.98. The maximum atomic E-state index is 12.6. The third-order valence-electron chi connectivity index (χ3n) is 8.14. The molecular formula is C21H28O4. The van der Waals surface area contributed by atoms with Crippen molar-refractivity contribution in [3.8, 4) is 0 Å². The van der Waals surface area contributed by atoms with Gasteiger partial charge < -0.3 is 4.74 Å². The molecule has 25 heavy (non-hydrogen) atoms. The number of esters is 1. The highest BCUT2D eigenvalue weighted by Crippen LogP contribution is 2.67. The van der Waals surface area contributed by atoms with Crippen molar-refractivity contribution >= 4 is 17.5 Å². The van der Waals surface area contributed by atoms with Gasteiger partial charge >= 0.3 is 5.97 Å². The summed E-state index contributed by atoms with van der Waals surface area (Å²) in [5, 5.41) is 0. The van der Waals surface area contributed by atoms with Gasteiger partial charge in [-0.3, -0.25) is 14.4 Å². The highest BCUT2D eigenvalue weighted by Gasteiger charge is 2.68. The SMILES string of the molecule is CC(=O)O[C@@]12CC[C@]3(C)C(=O)CC[C@H]3[C@@H]1CCC1=CC(=O)CC[C@@]12C. The van der Waals surface area contributed by atoms with Crippen LogP contribution in [-0.2, 0) is 19.1 Å². The highest BCUT2D eigenvalue weighted by atomic mass is 16.6. The van der Waals surface area contributed by atoms with Gasteiger partial charge in [0, 0.05) is 36.5 Å². The van der Waals surface area contributed by atoms with Crippen molar-refractivity contribution in [1.82, 2.24) is 0 Å². The van der Waals surface area contributed by atoms with E-state index in [2.05, 4.69) is 13.8 Å². The van der Waals surface area contributed by atoms with Crippen LogP contribution in [-0.4, -0.2) is 23.1 Å². The Hall–Kier alpha value is -1.45. The standard InChI is InChI=1S/C21H28O4/c1-13(22)25-21-11-10-19(2)16(6-7-18(19)24)17(21)5-4-14-12-15(23)8-9-20(14,21)3/h12,16-17H,4-11H2,1-3H3/t16-,17-,19-,20-,21-/m0/s1. The van der Waals surface area contributed by atoms with Crippen molar-refractivity contribution < 1.29 is 19.1 Å². The first-order valence-corrected chi connectivity index (χ1v) is 9.70. The van der Waals surface area contributed by atoms with Crippen molar-refractivity contribution in [1.29, 1.82) is 0 Å². The second-order valence-corrected chi connectivity index (χ2v) is 9.08. The highest BCUT2D eigenvalue weighted by molar-refractivity contribution is 5.92. The first-order valence-electron chi connectivity index (χ1n) is 9.70. The molecule has 4 rings (SSSR count). The van der Waals surface area contributed by atoms with Gasteiger partial charge in [0.25, 0.3) is 0 Å². The zero-order valence-corrected chi connectivity index (χ0v) is 15.5. The van der Waals surface area contributed by atoms with E-state index in [9.17, 15) is 14.4 Å². The second-order valence-electron chi connectivity index (χ2n) is 9.08. The zero-order valence-electron chi connectivity index (χ0n) is 15.5. The summed E-state index contributed by atoms with van der Waals surface area (Å²) >= 11 is 0. The van der Waals surface area contributed by atoms with Crippen LogP contribution >= 0.6 is 0 Å². The number of hydrogen-bond acceptors (Lipinski definition) is 4. The van der Waals surface area contributed by atoms with Gasteiger partial charge in [-0.1, -0.05) is 19.4 Å². The van der Waals surface area contributed by atoms with Crippen LogP contribution < -0.4 is 0 Å². The fraction of sp³-hybridized carbons (Fsp3) is 0.762. The number of Topliss-reactive ketones (excluding diaryl/α,β-unsaturated/α-hetero) is 1. The first kappa shape index (κ1) is 17.0. The first-order chi connectivity index (χ1) is 11.7. The lowest BCUT2D eigenvalue weighted by Gasteiger charge is -2.63. The normalized spacial score (nSPS) is 46.0. The van der Waals surface area contributed by atoms with E-state index in [1.165, 1.54) is 6.92 Å². The average Bonchev–Trinajstić information content (AvgIpc) is 2.84. The maximum Gasteiger partial charge on any atom is 0.303 e. The van der Waals surface area contributed by atoms with Gasteiger partial charge in [-0.2, -0.15) is 0 Å². The molecule has 0 heterocycles. The van der Waals surface area contributed by atoms with Crippen molar-refractivity contribution in [2.45, 2.75) is 77.7 Å². The van der Waals surface area contributed by atoms with E-state index in [4.69, 9.17) is 4.74 Å². The number of fused-ring (bicyclic) bond motifs is 5. The molecule has 0 aromatic heterocycles. The van der Waals surface area contributed by atoms with E-state index < -0.39 is 5.60 Å². The van der Waals surface area contributed by atoms with Crippen molar-refractivity contribution in [3.63, 3.8) is 0 Å². The maximum absolute atomic E-state index is 12.6. The van der Waals surface area contributed by atoms with Crippen LogP contribution in [0.25, 0.3) is 0 Å². The fourth-order valence-corrected chi connectivity index (χ4v) is 6.74. The van der Waals surface area contributed by atoms with Gasteiger partial charge in [-0.25, -0.2) is 0 Å². The minimum atomic E-state index is -0.557. The Bertz CT molecular complexity index is 692. The molecule has 0 amide bonds. The van der Waals surface area contributed by atoms with Crippen molar-refractivity contribution in [2.24, 2.45) is 22.7 Å². The van der Waals surface area contributed by atoms with Crippen LogP contribution in [0.15, 0.2) is 11.6 Å². The molecule has 0 radical (unpaired) electrons. The molecule has 0 aromatic rings. The van der Waals surface area contributed by atoms with Gasteiger partial charge in [0.2, 0.25) is 0 Å². The van der Waals surface area contributed by atoms with Gasteiger partial charge in [0.1, 0.15) is 11.4 Å². The molecule has 0 spiro atoms. The van der Waals surface area contributed by atoms with Gasteiger partial charge in [-0.15, -0.1) is 0 Å². The summed E-state index contributed by atoms with van der Waals surface area (Å²) < 4.78 is 6.18. The summed E-state index contributed by atoms with van der Waals surface area (Å²) in [7, 11) is 0. The minimum absolute atomic E-state index is 0.195. The van der Waals surface area contributed by atoms with E-state index in [1.807, 2.05) is 6.08 Å². The van der Waals surface area contributed by atoms with Crippen LogP contribution in [0.5, 0.6) is 0 Å². The molecule has 0 unspecified atom stereocenters. The summed E-state index contributed by atoms with van der Waals surface area (Å²) in [5.41, 5.74) is 0.0752. The number of carbonyl (C=O) groups is 3. The Kier molecular flexibility index (Phi) is 3.59. The molecule has 0 N–H and O–H groups in total. The Balaban J connectivity index is 1.84. The third-order valence-corrected chi connectivity index (χ3v) is 8.14. The number of hydrogen-bond donors (Lipinski definition) is 0. The molecule has 0 aliphatic heterocycles. The zero-order chi connectivity index (χ0) is 18.0. The Morgan fingerprint density at radius 3 is 2.48 bits per heavy atom. The van der Waals surface area contributed by atoms with Crippen LogP contribution in [0.1, 0.15) is 72.1 Å². The Labute approximate surface area is 149 Å². The van der Waals surface area contributed by atoms with E-state index in [-0.39, 0.29) is 28.5 Å². The minimum Gasteiger partial charge on any atom is -0.458 e. The van der Waals surface area contributed by atoms with Crippen LogP contribution in [0.4, 0.5) is 0 Å². The predicted molar refractivity (Wildman–Crippen MR) is 92.7 cm³/mol. The lowest BCUT2D eigenvalue weighted by Crippen LogP contribution is -2.64. The van der Waals surface area contributed by atoms with E-state index in [0.717, 1.165) is 44.1 Å². The number of ether oxygens (including phenoxy) is 1. The molecule has 3 saturated carbocycles. The second kappa shape index (κ2) is 5.28. The molecule has 0 saturated heterocycles. The average molecular weight is 344 g/mol. The molecule has 0 aromatic carbocycles. The molecule has 4 nitrogen and oxygen atoms in total. The van der Waals surface area contributed by atoms with Crippen LogP contribution in [0.3, 0.4) is 0 Å². The van der Waals surface area contributed by atoms with Gasteiger partial charge in [-0.05, 0) is 50.5 Å². The fourth-order valence-electron chi connectivity index (χ4n) is 6.74. The summed E-state index contributed by atoms with van der Waals surface area (Å²) in [4.78, 5) is 36.7. The summed E-state index contributed by atoms with van der Waals surface area (Å²) in [6, 6.07) is 0. The molecule has 4 aliphatic rings. The number of rotatable bonds is 1. The van der Waals surface area contributed by atoms with Crippen molar-refractivity contribution in [3.05, 3.63) is 11.6 Å². The quantitative estimate of drug-likeness (QED) is 0.679. The predicted octanol–water partition coefficient (Wildman–Crippen LogP) is 3.77. The van der Waals surface area contributed by atoms with E-state index >= 15 is 0 Å². The van der Waals surface area contributed by atoms with Gasteiger partial charge in [0.15, 0.2) is 5.78 Å². The van der Waals surface area contributed by atoms with E-state index in [0.29, 0.717) is 24.5 Å². The molecular weight excluding hydrogens is 316 g/mol. The van der Waals surface area contributed by atoms with Crippen molar-refractivity contribution in [2.75, 3.05) is 0 Å². The van der Waals surface area contributed by atoms with E-state index in [1.54, 1.807) is 0 Å². The summed E-state index contributed by atoms with van der Waals surface area (Å²) in [6.45, 7) is 5.82.